The summed E-state index contributed by atoms with van der Waals surface area (Å²) in [5.41, 5.74) is 2.91. The predicted molar refractivity (Wildman–Crippen MR) is 92.6 cm³/mol. The third-order valence-electron chi connectivity index (χ3n) is 3.68. The van der Waals surface area contributed by atoms with Crippen molar-refractivity contribution in [2.75, 3.05) is 0 Å². The summed E-state index contributed by atoms with van der Waals surface area (Å²) in [5.74, 6) is -0.974. The van der Waals surface area contributed by atoms with E-state index in [1.807, 2.05) is 36.4 Å². The number of aromatic nitrogens is 3. The molecule has 3 heterocycles. The molecule has 0 aliphatic carbocycles. The molecule has 0 unspecified atom stereocenters. The highest BCUT2D eigenvalue weighted by Crippen LogP contribution is 2.11. The zero-order valence-electron chi connectivity index (χ0n) is 13.6. The fourth-order valence-electron chi connectivity index (χ4n) is 2.48. The maximum atomic E-state index is 10.9. The van der Waals surface area contributed by atoms with Crippen LogP contribution in [0.3, 0.4) is 0 Å². The van der Waals surface area contributed by atoms with E-state index in [1.54, 1.807) is 24.5 Å². The van der Waals surface area contributed by atoms with Gasteiger partial charge in [-0.15, -0.1) is 0 Å². The summed E-state index contributed by atoms with van der Waals surface area (Å²) in [5, 5.41) is 8.98. The summed E-state index contributed by atoms with van der Waals surface area (Å²) in [6, 6.07) is 15.0. The summed E-state index contributed by atoms with van der Waals surface area (Å²) < 4.78 is 0. The van der Waals surface area contributed by atoms with Crippen molar-refractivity contribution in [3.63, 3.8) is 0 Å². The van der Waals surface area contributed by atoms with E-state index >= 15 is 0 Å². The van der Waals surface area contributed by atoms with Crippen molar-refractivity contribution < 1.29 is 9.90 Å². The number of pyridine rings is 3. The Bertz CT molecular complexity index is 766. The zero-order chi connectivity index (χ0) is 17.5. The lowest BCUT2D eigenvalue weighted by atomic mass is 10.2. The van der Waals surface area contributed by atoms with Gasteiger partial charge in [0.1, 0.15) is 0 Å². The lowest BCUT2D eigenvalue weighted by molar-refractivity contribution is 0.0696. The van der Waals surface area contributed by atoms with E-state index in [2.05, 4.69) is 19.9 Å². The monoisotopic (exact) mass is 334 g/mol. The second kappa shape index (κ2) is 8.12. The average molecular weight is 334 g/mol. The van der Waals surface area contributed by atoms with Crippen LogP contribution in [0.25, 0.3) is 0 Å². The average Bonchev–Trinajstić information content (AvgIpc) is 2.64. The van der Waals surface area contributed by atoms with Crippen LogP contribution in [0.15, 0.2) is 67.1 Å². The summed E-state index contributed by atoms with van der Waals surface area (Å²) in [6.45, 7) is 1.88. The van der Waals surface area contributed by atoms with E-state index < -0.39 is 5.97 Å². The van der Waals surface area contributed by atoms with Crippen molar-refractivity contribution in [3.8, 4) is 0 Å². The van der Waals surface area contributed by atoms with Crippen LogP contribution in [0.4, 0.5) is 0 Å². The third kappa shape index (κ3) is 4.92. The normalized spacial score (nSPS) is 10.8. The predicted octanol–water partition coefficient (Wildman–Crippen LogP) is 2.77. The third-order valence-corrected chi connectivity index (χ3v) is 3.68. The quantitative estimate of drug-likeness (QED) is 0.716. The number of nitrogens with zero attached hydrogens (tertiary/aromatic N) is 4. The lowest BCUT2D eigenvalue weighted by Gasteiger charge is -2.21. The van der Waals surface area contributed by atoms with Gasteiger partial charge in [-0.2, -0.15) is 0 Å². The number of aromatic carboxylic acids is 1. The Morgan fingerprint density at radius 2 is 1.36 bits per heavy atom. The van der Waals surface area contributed by atoms with Crippen molar-refractivity contribution in [1.82, 2.24) is 19.9 Å². The van der Waals surface area contributed by atoms with E-state index in [0.717, 1.165) is 17.1 Å². The maximum absolute atomic E-state index is 10.9. The van der Waals surface area contributed by atoms with Crippen LogP contribution in [0.1, 0.15) is 27.4 Å². The van der Waals surface area contributed by atoms with Crippen LogP contribution in [-0.2, 0) is 19.6 Å². The number of carboxylic acids is 1. The van der Waals surface area contributed by atoms with Crippen molar-refractivity contribution in [3.05, 3.63) is 89.8 Å². The Kier molecular flexibility index (Phi) is 5.43. The first-order valence-corrected chi connectivity index (χ1v) is 7.91. The van der Waals surface area contributed by atoms with Gasteiger partial charge in [0, 0.05) is 38.2 Å². The fourth-order valence-corrected chi connectivity index (χ4v) is 2.48. The van der Waals surface area contributed by atoms with Gasteiger partial charge in [-0.1, -0.05) is 12.1 Å². The molecule has 0 saturated carbocycles. The largest absolute Gasteiger partial charge is 0.478 e. The number of hydrogen-bond acceptors (Lipinski definition) is 5. The van der Waals surface area contributed by atoms with Gasteiger partial charge in [0.25, 0.3) is 0 Å². The standard InChI is InChI=1S/C19H18N4O2/c24-19(25)15-7-8-18(22-11-15)14-23(12-16-5-1-3-9-20-16)13-17-6-2-4-10-21-17/h1-11H,12-14H2,(H,24,25). The molecule has 25 heavy (non-hydrogen) atoms. The molecule has 1 N–H and O–H groups in total. The molecular formula is C19H18N4O2. The van der Waals surface area contributed by atoms with Crippen LogP contribution in [0.2, 0.25) is 0 Å². The molecule has 0 atom stereocenters. The molecule has 126 valence electrons. The van der Waals surface area contributed by atoms with Crippen LogP contribution in [-0.4, -0.2) is 30.9 Å². The van der Waals surface area contributed by atoms with Crippen molar-refractivity contribution >= 4 is 5.97 Å². The Labute approximate surface area is 145 Å². The maximum Gasteiger partial charge on any atom is 0.337 e. The van der Waals surface area contributed by atoms with Crippen molar-refractivity contribution in [1.29, 1.82) is 0 Å². The van der Waals surface area contributed by atoms with Crippen molar-refractivity contribution in [2.45, 2.75) is 19.6 Å². The van der Waals surface area contributed by atoms with Crippen molar-refractivity contribution in [2.24, 2.45) is 0 Å². The molecule has 0 bridgehead atoms. The minimum absolute atomic E-state index is 0.185. The first-order valence-electron chi connectivity index (χ1n) is 7.91. The van der Waals surface area contributed by atoms with Gasteiger partial charge in [-0.3, -0.25) is 19.9 Å². The van der Waals surface area contributed by atoms with Gasteiger partial charge < -0.3 is 5.11 Å². The van der Waals surface area contributed by atoms with Gasteiger partial charge in [-0.05, 0) is 36.4 Å². The highest BCUT2D eigenvalue weighted by molar-refractivity contribution is 5.87. The topological polar surface area (TPSA) is 79.2 Å². The van der Waals surface area contributed by atoms with Crippen LogP contribution in [0, 0.1) is 0 Å². The van der Waals surface area contributed by atoms with Gasteiger partial charge >= 0.3 is 5.97 Å². The first-order chi connectivity index (χ1) is 12.2. The fraction of sp³-hybridized carbons (Fsp3) is 0.158. The molecule has 0 fully saturated rings. The molecule has 0 aromatic carbocycles. The smallest absolute Gasteiger partial charge is 0.337 e. The molecular weight excluding hydrogens is 316 g/mol. The number of hydrogen-bond donors (Lipinski definition) is 1. The number of carbonyl (C=O) groups is 1. The summed E-state index contributed by atoms with van der Waals surface area (Å²) in [6.07, 6.45) is 4.93. The summed E-state index contributed by atoms with van der Waals surface area (Å²) in [7, 11) is 0. The van der Waals surface area contributed by atoms with Gasteiger partial charge in [0.05, 0.1) is 22.6 Å². The lowest BCUT2D eigenvalue weighted by Crippen LogP contribution is -2.24. The molecule has 0 saturated heterocycles. The highest BCUT2D eigenvalue weighted by atomic mass is 16.4. The second-order valence-corrected chi connectivity index (χ2v) is 5.63. The summed E-state index contributed by atoms with van der Waals surface area (Å²) >= 11 is 0. The minimum Gasteiger partial charge on any atom is -0.478 e. The molecule has 0 aliphatic rings. The molecule has 0 radical (unpaired) electrons. The molecule has 0 amide bonds. The highest BCUT2D eigenvalue weighted by Gasteiger charge is 2.11. The van der Waals surface area contributed by atoms with Gasteiger partial charge in [0.2, 0.25) is 0 Å². The molecule has 6 nitrogen and oxygen atoms in total. The van der Waals surface area contributed by atoms with Crippen LogP contribution < -0.4 is 0 Å². The Morgan fingerprint density at radius 1 is 0.800 bits per heavy atom. The van der Waals surface area contributed by atoms with Crippen LogP contribution in [0.5, 0.6) is 0 Å². The second-order valence-electron chi connectivity index (χ2n) is 5.63. The van der Waals surface area contributed by atoms with E-state index in [9.17, 15) is 4.79 Å². The Hall–Kier alpha value is -3.12. The molecule has 6 heteroatoms. The molecule has 3 aromatic rings. The number of rotatable bonds is 7. The molecule has 3 aromatic heterocycles. The number of carboxylic acid groups (broad SMARTS) is 1. The Morgan fingerprint density at radius 3 is 1.76 bits per heavy atom. The minimum atomic E-state index is -0.974. The van der Waals surface area contributed by atoms with E-state index in [-0.39, 0.29) is 5.56 Å². The SMILES string of the molecule is O=C(O)c1ccc(CN(Cc2ccccn2)Cc2ccccn2)nc1. The van der Waals surface area contributed by atoms with E-state index in [0.29, 0.717) is 19.6 Å². The van der Waals surface area contributed by atoms with E-state index in [1.165, 1.54) is 6.20 Å². The molecule has 0 spiro atoms. The summed E-state index contributed by atoms with van der Waals surface area (Å²) in [4.78, 5) is 26.1. The van der Waals surface area contributed by atoms with Crippen LogP contribution >= 0.6 is 0 Å². The molecule has 0 aliphatic heterocycles. The van der Waals surface area contributed by atoms with Gasteiger partial charge in [-0.25, -0.2) is 4.79 Å². The molecule has 3 rings (SSSR count). The van der Waals surface area contributed by atoms with Gasteiger partial charge in [0.15, 0.2) is 0 Å². The Balaban J connectivity index is 1.76. The zero-order valence-corrected chi connectivity index (χ0v) is 13.6. The first kappa shape index (κ1) is 16.7. The van der Waals surface area contributed by atoms with E-state index in [4.69, 9.17) is 5.11 Å².